The Hall–Kier alpha value is 1.23. The molecule has 4 heteroatoms. The molecule has 0 saturated carbocycles. The Kier molecular flexibility index (Phi) is 9.36. The van der Waals surface area contributed by atoms with Crippen molar-refractivity contribution in [2.75, 3.05) is 0 Å². The molecule has 0 nitrogen and oxygen atoms in total. The normalized spacial score (nSPS) is 7.10. The second-order valence-corrected chi connectivity index (χ2v) is 24.8. The van der Waals surface area contributed by atoms with Crippen molar-refractivity contribution in [3.8, 4) is 0 Å². The summed E-state index contributed by atoms with van der Waals surface area (Å²) in [4.78, 5) is 0. The summed E-state index contributed by atoms with van der Waals surface area (Å²) in [5.41, 5.74) is 0. The second kappa shape index (κ2) is 8.33. The van der Waals surface area contributed by atoms with Gasteiger partial charge >= 0.3 is 49.6 Å². The van der Waals surface area contributed by atoms with Crippen LogP contribution in [0.1, 0.15) is 0 Å². The third kappa shape index (κ3) is 7.34. The van der Waals surface area contributed by atoms with E-state index in [4.69, 9.17) is 0 Å². The SMILES string of the molecule is Fc1[c]cccc1.[I][Zn][I]. The van der Waals surface area contributed by atoms with Crippen LogP contribution in [0.5, 0.6) is 0 Å². The van der Waals surface area contributed by atoms with E-state index in [0.717, 1.165) is 0 Å². The third-order valence-corrected chi connectivity index (χ3v) is 0.671. The van der Waals surface area contributed by atoms with Gasteiger partial charge in [-0.1, -0.05) is 18.2 Å². The number of rotatable bonds is 0. The minimum absolute atomic E-state index is 0.0650. The molecule has 0 N–H and O–H groups in total. The molecule has 0 unspecified atom stereocenters. The van der Waals surface area contributed by atoms with Gasteiger partial charge in [0.15, 0.2) is 0 Å². The Labute approximate surface area is 88.9 Å². The average molecular weight is 414 g/mol. The van der Waals surface area contributed by atoms with Crippen LogP contribution in [0.3, 0.4) is 0 Å². The first-order valence-corrected chi connectivity index (χ1v) is 20.6. The van der Waals surface area contributed by atoms with Crippen molar-refractivity contribution < 1.29 is 14.5 Å². The molecule has 10 heavy (non-hydrogen) atoms. The number of halogens is 3. The van der Waals surface area contributed by atoms with E-state index in [1.54, 1.807) is 12.1 Å². The van der Waals surface area contributed by atoms with Crippen molar-refractivity contribution in [3.63, 3.8) is 0 Å². The fourth-order valence-corrected chi connectivity index (χ4v) is 0.371. The summed E-state index contributed by atoms with van der Waals surface area (Å²) in [6.45, 7) is 0. The summed E-state index contributed by atoms with van der Waals surface area (Å²) in [5.74, 6) is -0.303. The molecule has 0 atom stereocenters. The molecular formula is C6H4FI2Zn. The third-order valence-electron chi connectivity index (χ3n) is 0.671. The molecule has 0 aliphatic carbocycles. The predicted molar refractivity (Wildman–Crippen MR) is 53.3 cm³/mol. The van der Waals surface area contributed by atoms with Crippen LogP contribution in [-0.2, 0) is 10.1 Å². The maximum atomic E-state index is 11.9. The molecule has 0 aliphatic rings. The zero-order valence-electron chi connectivity index (χ0n) is 5.15. The van der Waals surface area contributed by atoms with Gasteiger partial charge < -0.3 is 0 Å². The number of hydrogen-bond acceptors (Lipinski definition) is 0. The van der Waals surface area contributed by atoms with Crippen molar-refractivity contribution in [1.29, 1.82) is 0 Å². The molecule has 1 rings (SSSR count). The monoisotopic (exact) mass is 413 g/mol. The quantitative estimate of drug-likeness (QED) is 0.451. The predicted octanol–water partition coefficient (Wildman–Crippen LogP) is 3.39. The summed E-state index contributed by atoms with van der Waals surface area (Å²) in [6.07, 6.45) is 0. The first-order chi connectivity index (χ1) is 4.81. The molecular weight excluding hydrogens is 410 g/mol. The zero-order valence-corrected chi connectivity index (χ0v) is 12.4. The van der Waals surface area contributed by atoms with Crippen LogP contribution in [0.15, 0.2) is 24.3 Å². The van der Waals surface area contributed by atoms with E-state index in [1.165, 1.54) is 12.1 Å². The van der Waals surface area contributed by atoms with Crippen molar-refractivity contribution in [3.05, 3.63) is 36.1 Å². The van der Waals surface area contributed by atoms with E-state index in [1.807, 2.05) is 0 Å². The van der Waals surface area contributed by atoms with Crippen molar-refractivity contribution >= 4 is 39.5 Å². The molecule has 0 fully saturated rings. The molecule has 1 aromatic rings. The van der Waals surface area contributed by atoms with Crippen molar-refractivity contribution in [2.24, 2.45) is 0 Å². The van der Waals surface area contributed by atoms with Crippen LogP contribution >= 0.6 is 39.5 Å². The topological polar surface area (TPSA) is 0 Å². The second-order valence-electron chi connectivity index (χ2n) is 1.31. The first-order valence-electron chi connectivity index (χ1n) is 2.55. The van der Waals surface area contributed by atoms with Crippen LogP contribution in [0, 0.1) is 11.9 Å². The van der Waals surface area contributed by atoms with E-state index in [9.17, 15) is 4.39 Å². The summed E-state index contributed by atoms with van der Waals surface area (Å²) in [7, 11) is 0.0650. The molecule has 0 amide bonds. The number of benzene rings is 1. The molecule has 0 spiro atoms. The summed E-state index contributed by atoms with van der Waals surface area (Å²) in [5, 5.41) is 0. The van der Waals surface area contributed by atoms with Gasteiger partial charge in [0.1, 0.15) is 5.82 Å². The molecule has 0 saturated heterocycles. The first kappa shape index (κ1) is 11.2. The minimum atomic E-state index is -0.303. The standard InChI is InChI=1S/C6H4F.2HI.Zn/c7-6-4-2-1-3-5-6;;;/h1-4H;2*1H;/q;;;+2/p-2. The van der Waals surface area contributed by atoms with Gasteiger partial charge in [-0.25, -0.2) is 4.39 Å². The van der Waals surface area contributed by atoms with Crippen molar-refractivity contribution in [2.45, 2.75) is 0 Å². The van der Waals surface area contributed by atoms with Crippen LogP contribution in [0.4, 0.5) is 4.39 Å². The van der Waals surface area contributed by atoms with Crippen molar-refractivity contribution in [1.82, 2.24) is 0 Å². The van der Waals surface area contributed by atoms with E-state index in [2.05, 4.69) is 45.6 Å². The van der Waals surface area contributed by atoms with Gasteiger partial charge in [0.25, 0.3) is 0 Å². The number of hydrogen-bond donors (Lipinski definition) is 0. The molecule has 1 radical (unpaired) electrons. The molecule has 51 valence electrons. The summed E-state index contributed by atoms with van der Waals surface area (Å²) in [6, 6.07) is 8.62. The molecule has 0 heterocycles. The Balaban J connectivity index is 0.000000236. The van der Waals surface area contributed by atoms with Crippen LogP contribution < -0.4 is 0 Å². The average Bonchev–Trinajstić information content (AvgIpc) is 1.91. The van der Waals surface area contributed by atoms with E-state index in [-0.39, 0.29) is 15.9 Å². The fourth-order valence-electron chi connectivity index (χ4n) is 0.371. The zero-order chi connectivity index (χ0) is 7.82. The van der Waals surface area contributed by atoms with Gasteiger partial charge in [0.2, 0.25) is 0 Å². The van der Waals surface area contributed by atoms with Crippen LogP contribution in [0.2, 0.25) is 0 Å². The van der Waals surface area contributed by atoms with Gasteiger partial charge in [-0.05, 0) is 6.07 Å². The van der Waals surface area contributed by atoms with E-state index < -0.39 is 0 Å². The fraction of sp³-hybridized carbons (Fsp3) is 0. The maximum absolute atomic E-state index is 11.9. The van der Waals surface area contributed by atoms with E-state index in [0.29, 0.717) is 0 Å². The van der Waals surface area contributed by atoms with Crippen LogP contribution in [-0.4, -0.2) is 0 Å². The Morgan fingerprint density at radius 2 is 2.00 bits per heavy atom. The van der Waals surface area contributed by atoms with E-state index >= 15 is 0 Å². The van der Waals surface area contributed by atoms with Gasteiger partial charge in [0, 0.05) is 6.07 Å². The molecule has 0 aliphatic heterocycles. The summed E-state index contributed by atoms with van der Waals surface area (Å²) >= 11 is 4.93. The Morgan fingerprint density at radius 3 is 2.20 bits per heavy atom. The van der Waals surface area contributed by atoms with Gasteiger partial charge in [0.05, 0.1) is 0 Å². The Morgan fingerprint density at radius 1 is 1.40 bits per heavy atom. The molecule has 0 aromatic heterocycles. The Bertz CT molecular complexity index is 157. The molecule has 0 bridgehead atoms. The molecule has 1 aromatic carbocycles. The van der Waals surface area contributed by atoms with Gasteiger partial charge in [-0.2, -0.15) is 0 Å². The van der Waals surface area contributed by atoms with Gasteiger partial charge in [-0.15, -0.1) is 0 Å². The summed E-state index contributed by atoms with van der Waals surface area (Å²) < 4.78 is 11.9. The van der Waals surface area contributed by atoms with Crippen LogP contribution in [0.25, 0.3) is 0 Å². The van der Waals surface area contributed by atoms with Gasteiger partial charge in [-0.3, -0.25) is 0 Å².